The lowest BCUT2D eigenvalue weighted by atomic mass is 10.3. The molecule has 1 heterocycles. The summed E-state index contributed by atoms with van der Waals surface area (Å²) in [6.07, 6.45) is 0.221. The number of aryl methyl sites for hydroxylation is 1. The van der Waals surface area contributed by atoms with Gasteiger partial charge in [-0.1, -0.05) is 0 Å². The van der Waals surface area contributed by atoms with Crippen LogP contribution in [0.1, 0.15) is 11.8 Å². The second kappa shape index (κ2) is 7.95. The van der Waals surface area contributed by atoms with Crippen molar-refractivity contribution in [3.05, 3.63) is 22.2 Å². The van der Waals surface area contributed by atoms with E-state index in [1.165, 1.54) is 25.0 Å². The first-order valence-electron chi connectivity index (χ1n) is 6.12. The zero-order valence-electron chi connectivity index (χ0n) is 11.9. The number of anilines is 1. The highest BCUT2D eigenvalue weighted by Gasteiger charge is 2.19. The first-order chi connectivity index (χ1) is 9.53. The molecule has 1 aromatic rings. The van der Waals surface area contributed by atoms with Gasteiger partial charge < -0.3 is 25.1 Å². The Balaban J connectivity index is 2.95. The Morgan fingerprint density at radius 1 is 1.40 bits per heavy atom. The van der Waals surface area contributed by atoms with Crippen LogP contribution in [0.15, 0.2) is 11.0 Å². The van der Waals surface area contributed by atoms with Crippen molar-refractivity contribution in [1.82, 2.24) is 9.55 Å². The molecule has 0 unspecified atom stereocenters. The van der Waals surface area contributed by atoms with Crippen molar-refractivity contribution in [3.63, 3.8) is 0 Å². The van der Waals surface area contributed by atoms with Crippen molar-refractivity contribution >= 4 is 5.82 Å². The van der Waals surface area contributed by atoms with E-state index in [9.17, 15) is 9.90 Å². The lowest BCUT2D eigenvalue weighted by Crippen LogP contribution is -2.36. The molecule has 1 rings (SSSR count). The summed E-state index contributed by atoms with van der Waals surface area (Å²) in [6, 6.07) is 0. The average Bonchev–Trinajstić information content (AvgIpc) is 2.41. The number of aromatic nitrogens is 2. The molecule has 0 aromatic carbocycles. The van der Waals surface area contributed by atoms with E-state index < -0.39 is 18.0 Å². The highest BCUT2D eigenvalue weighted by atomic mass is 16.6. The summed E-state index contributed by atoms with van der Waals surface area (Å²) in [5, 5.41) is 9.42. The number of hydrogen-bond acceptors (Lipinski definition) is 7. The zero-order valence-corrected chi connectivity index (χ0v) is 11.9. The van der Waals surface area contributed by atoms with Crippen molar-refractivity contribution in [2.75, 3.05) is 39.8 Å². The van der Waals surface area contributed by atoms with E-state index in [1.54, 1.807) is 6.92 Å². The fraction of sp³-hybridized carbons (Fsp3) is 0.667. The molecule has 1 atom stereocenters. The molecule has 3 N–H and O–H groups in total. The maximum absolute atomic E-state index is 11.8. The number of nitrogen functional groups attached to an aromatic ring is 1. The van der Waals surface area contributed by atoms with Crippen LogP contribution in [0.3, 0.4) is 0 Å². The number of methoxy groups -OCH3 is 2. The quantitative estimate of drug-likeness (QED) is 0.651. The molecule has 0 aliphatic rings. The number of aliphatic hydroxyl groups excluding tert-OH is 1. The zero-order chi connectivity index (χ0) is 15.1. The molecule has 8 nitrogen and oxygen atoms in total. The summed E-state index contributed by atoms with van der Waals surface area (Å²) in [6.45, 7) is 1.89. The predicted molar refractivity (Wildman–Crippen MR) is 72.4 cm³/mol. The van der Waals surface area contributed by atoms with Crippen LogP contribution in [0, 0.1) is 6.92 Å². The van der Waals surface area contributed by atoms with Crippen molar-refractivity contribution in [1.29, 1.82) is 0 Å². The number of ether oxygens (including phenoxy) is 3. The van der Waals surface area contributed by atoms with Crippen LogP contribution < -0.4 is 11.4 Å². The second-order valence-corrected chi connectivity index (χ2v) is 4.30. The van der Waals surface area contributed by atoms with Crippen LogP contribution >= 0.6 is 0 Å². The summed E-state index contributed by atoms with van der Waals surface area (Å²) in [5.41, 5.74) is 5.60. The summed E-state index contributed by atoms with van der Waals surface area (Å²) in [7, 11) is 3.06. The maximum Gasteiger partial charge on any atom is 0.351 e. The molecule has 0 bridgehead atoms. The smallest absolute Gasteiger partial charge is 0.351 e. The third-order valence-electron chi connectivity index (χ3n) is 2.69. The molecule has 20 heavy (non-hydrogen) atoms. The highest BCUT2D eigenvalue weighted by molar-refractivity contribution is 5.35. The molecule has 0 spiro atoms. The van der Waals surface area contributed by atoms with E-state index in [0.29, 0.717) is 5.56 Å². The minimum absolute atomic E-state index is 0.160. The van der Waals surface area contributed by atoms with Gasteiger partial charge in [0.1, 0.15) is 11.9 Å². The van der Waals surface area contributed by atoms with Crippen LogP contribution in [-0.4, -0.2) is 54.8 Å². The molecule has 0 saturated carbocycles. The monoisotopic (exact) mass is 287 g/mol. The van der Waals surface area contributed by atoms with Gasteiger partial charge in [0.2, 0.25) is 0 Å². The first kappa shape index (κ1) is 16.6. The first-order valence-corrected chi connectivity index (χ1v) is 6.12. The largest absolute Gasteiger partial charge is 0.392 e. The molecular weight excluding hydrogens is 266 g/mol. The molecule has 0 fully saturated rings. The van der Waals surface area contributed by atoms with E-state index in [0.717, 1.165) is 0 Å². The Morgan fingerprint density at radius 3 is 2.50 bits per heavy atom. The third kappa shape index (κ3) is 4.27. The summed E-state index contributed by atoms with van der Waals surface area (Å²) in [4.78, 5) is 15.5. The Hall–Kier alpha value is -1.48. The van der Waals surface area contributed by atoms with E-state index in [1.807, 2.05) is 0 Å². The van der Waals surface area contributed by atoms with Crippen LogP contribution in [-0.2, 0) is 14.2 Å². The van der Waals surface area contributed by atoms with Crippen LogP contribution in [0.25, 0.3) is 0 Å². The van der Waals surface area contributed by atoms with Crippen molar-refractivity contribution in [2.45, 2.75) is 19.3 Å². The van der Waals surface area contributed by atoms with Gasteiger partial charge in [0.05, 0.1) is 19.8 Å². The topological polar surface area (TPSA) is 109 Å². The third-order valence-corrected chi connectivity index (χ3v) is 2.69. The number of rotatable bonds is 8. The van der Waals surface area contributed by atoms with Gasteiger partial charge in [0.15, 0.2) is 6.23 Å². The molecular formula is C12H21N3O5. The van der Waals surface area contributed by atoms with Gasteiger partial charge in [-0.05, 0) is 6.92 Å². The molecule has 0 amide bonds. The van der Waals surface area contributed by atoms with Crippen molar-refractivity contribution in [3.8, 4) is 0 Å². The van der Waals surface area contributed by atoms with Gasteiger partial charge in [-0.15, -0.1) is 0 Å². The number of nitrogens with zero attached hydrogens (tertiary/aromatic N) is 2. The van der Waals surface area contributed by atoms with Gasteiger partial charge in [-0.25, -0.2) is 4.79 Å². The van der Waals surface area contributed by atoms with Crippen LogP contribution in [0.2, 0.25) is 0 Å². The van der Waals surface area contributed by atoms with Crippen LogP contribution in [0.4, 0.5) is 5.82 Å². The van der Waals surface area contributed by atoms with Gasteiger partial charge in [0.25, 0.3) is 0 Å². The molecule has 1 aromatic heterocycles. The number of aliphatic hydroxyl groups is 1. The summed E-state index contributed by atoms with van der Waals surface area (Å²) in [5.74, 6) is 0.160. The molecule has 0 aliphatic heterocycles. The summed E-state index contributed by atoms with van der Waals surface area (Å²) < 4.78 is 16.8. The fourth-order valence-electron chi connectivity index (χ4n) is 1.70. The minimum atomic E-state index is -0.871. The maximum atomic E-state index is 11.8. The Morgan fingerprint density at radius 2 is 2.00 bits per heavy atom. The normalized spacial score (nSPS) is 12.8. The number of hydrogen-bond donors (Lipinski definition) is 2. The van der Waals surface area contributed by atoms with E-state index in [2.05, 4.69) is 4.98 Å². The summed E-state index contributed by atoms with van der Waals surface area (Å²) >= 11 is 0. The van der Waals surface area contributed by atoms with Gasteiger partial charge in [0, 0.05) is 26.0 Å². The fourth-order valence-corrected chi connectivity index (χ4v) is 1.70. The SMILES string of the molecule is COCC(COC)O[C@H](CO)n1cc(C)c(N)nc1=O. The Labute approximate surface area is 117 Å². The van der Waals surface area contributed by atoms with Gasteiger partial charge in [-0.3, -0.25) is 4.57 Å². The Kier molecular flexibility index (Phi) is 6.59. The van der Waals surface area contributed by atoms with Crippen molar-refractivity contribution in [2.24, 2.45) is 0 Å². The highest BCUT2D eigenvalue weighted by Crippen LogP contribution is 2.12. The molecule has 0 radical (unpaired) electrons. The van der Waals surface area contributed by atoms with E-state index in [-0.39, 0.29) is 25.6 Å². The van der Waals surface area contributed by atoms with E-state index >= 15 is 0 Å². The van der Waals surface area contributed by atoms with E-state index in [4.69, 9.17) is 19.9 Å². The lowest BCUT2D eigenvalue weighted by molar-refractivity contribution is -0.122. The lowest BCUT2D eigenvalue weighted by Gasteiger charge is -2.24. The standard InChI is InChI=1S/C12H21N3O5/c1-8-4-15(12(17)14-11(8)13)10(5-16)20-9(6-18-2)7-19-3/h4,9-10,16H,5-7H2,1-3H3,(H2,13,14,17)/t10-/m1/s1. The molecule has 0 aliphatic carbocycles. The average molecular weight is 287 g/mol. The Bertz CT molecular complexity index is 471. The van der Waals surface area contributed by atoms with Gasteiger partial charge in [-0.2, -0.15) is 4.98 Å². The number of nitrogens with two attached hydrogens (primary N) is 1. The van der Waals surface area contributed by atoms with Gasteiger partial charge >= 0.3 is 5.69 Å². The predicted octanol–water partition coefficient (Wildman–Crippen LogP) is -0.697. The molecule has 8 heteroatoms. The molecule has 114 valence electrons. The van der Waals surface area contributed by atoms with Crippen molar-refractivity contribution < 1.29 is 19.3 Å². The second-order valence-electron chi connectivity index (χ2n) is 4.30. The minimum Gasteiger partial charge on any atom is -0.392 e. The van der Waals surface area contributed by atoms with Crippen LogP contribution in [0.5, 0.6) is 0 Å². The molecule has 0 saturated heterocycles.